The van der Waals surface area contributed by atoms with Crippen molar-refractivity contribution in [2.24, 2.45) is 0 Å². The molecule has 0 unspecified atom stereocenters. The van der Waals surface area contributed by atoms with E-state index in [1.165, 1.54) is 11.8 Å². The van der Waals surface area contributed by atoms with E-state index in [2.05, 4.69) is 10.0 Å². The lowest BCUT2D eigenvalue weighted by Crippen LogP contribution is -2.33. The molecule has 1 aliphatic rings. The zero-order chi connectivity index (χ0) is 20.3. The first-order chi connectivity index (χ1) is 13.2. The Hall–Kier alpha value is -3.13. The number of anilines is 2. The lowest BCUT2D eigenvalue weighted by atomic mass is 9.93. The second-order valence-corrected chi connectivity index (χ2v) is 8.31. The molecule has 2 aromatic carbocycles. The molecule has 7 nitrogen and oxygen atoms in total. The van der Waals surface area contributed by atoms with Gasteiger partial charge in [0.05, 0.1) is 30.1 Å². The van der Waals surface area contributed by atoms with E-state index in [4.69, 9.17) is 0 Å². The Morgan fingerprint density at radius 1 is 1.04 bits per heavy atom. The molecule has 1 heterocycles. The molecule has 0 aliphatic carbocycles. The van der Waals surface area contributed by atoms with Gasteiger partial charge in [-0.05, 0) is 29.3 Å². The van der Waals surface area contributed by atoms with Crippen LogP contribution in [0.2, 0.25) is 0 Å². The predicted molar refractivity (Wildman–Crippen MR) is 109 cm³/mol. The maximum absolute atomic E-state index is 12.7. The molecular formula is C20H21N3O4S. The van der Waals surface area contributed by atoms with Crippen molar-refractivity contribution in [2.75, 3.05) is 16.3 Å². The summed E-state index contributed by atoms with van der Waals surface area (Å²) in [5.74, 6) is -0.494. The first kappa shape index (κ1) is 19.6. The summed E-state index contributed by atoms with van der Waals surface area (Å²) in [6.07, 6.45) is 4.61. The minimum Gasteiger partial charge on any atom is -0.324 e. The van der Waals surface area contributed by atoms with Crippen LogP contribution in [-0.4, -0.2) is 31.4 Å². The number of carbonyl (C=O) groups is 2. The normalized spacial score (nSPS) is 15.6. The Kier molecular flexibility index (Phi) is 5.51. The van der Waals surface area contributed by atoms with E-state index in [0.717, 1.165) is 17.4 Å². The molecule has 146 valence electrons. The number of amides is 2. The average Bonchev–Trinajstić information content (AvgIpc) is 2.62. The molecule has 2 amide bonds. The van der Waals surface area contributed by atoms with E-state index in [1.807, 2.05) is 30.3 Å². The fourth-order valence-electron chi connectivity index (χ4n) is 3.17. The maximum atomic E-state index is 12.7. The van der Waals surface area contributed by atoms with E-state index in [9.17, 15) is 18.0 Å². The highest BCUT2D eigenvalue weighted by Crippen LogP contribution is 2.33. The Bertz CT molecular complexity index is 1050. The van der Waals surface area contributed by atoms with E-state index < -0.39 is 16.1 Å². The van der Waals surface area contributed by atoms with Crippen molar-refractivity contribution in [3.8, 4) is 0 Å². The van der Waals surface area contributed by atoms with Crippen LogP contribution in [0, 0.1) is 0 Å². The third-order valence-corrected chi connectivity index (χ3v) is 4.94. The van der Waals surface area contributed by atoms with Gasteiger partial charge in [-0.2, -0.15) is 0 Å². The SMILES string of the molecule is CC(=O)N1C=Cc2ccccc2[C@@H]1CC(=O)Nc1ccccc1NS(C)(=O)=O. The summed E-state index contributed by atoms with van der Waals surface area (Å²) >= 11 is 0. The van der Waals surface area contributed by atoms with Gasteiger partial charge in [0.15, 0.2) is 0 Å². The number of benzene rings is 2. The minimum atomic E-state index is -3.49. The number of carbonyl (C=O) groups excluding carboxylic acids is 2. The van der Waals surface area contributed by atoms with E-state index in [-0.39, 0.29) is 23.9 Å². The summed E-state index contributed by atoms with van der Waals surface area (Å²) in [6.45, 7) is 1.45. The molecule has 0 saturated carbocycles. The van der Waals surface area contributed by atoms with Crippen LogP contribution in [0.15, 0.2) is 54.7 Å². The van der Waals surface area contributed by atoms with Crippen LogP contribution in [-0.2, 0) is 19.6 Å². The summed E-state index contributed by atoms with van der Waals surface area (Å²) in [5.41, 5.74) is 2.48. The lowest BCUT2D eigenvalue weighted by molar-refractivity contribution is -0.129. The number of nitrogens with zero attached hydrogens (tertiary/aromatic N) is 1. The van der Waals surface area contributed by atoms with Crippen molar-refractivity contribution in [3.63, 3.8) is 0 Å². The standard InChI is InChI=1S/C20H21N3O4S/c1-14(24)23-12-11-15-7-3-4-8-16(15)19(23)13-20(25)21-17-9-5-6-10-18(17)22-28(2,26)27/h3-12,19,22H,13H2,1-2H3,(H,21,25)/t19-/m0/s1. The fourth-order valence-corrected chi connectivity index (χ4v) is 3.75. The molecule has 2 aromatic rings. The first-order valence-electron chi connectivity index (χ1n) is 8.67. The largest absolute Gasteiger partial charge is 0.324 e. The van der Waals surface area contributed by atoms with Gasteiger partial charge in [0, 0.05) is 13.1 Å². The molecule has 0 saturated heterocycles. The highest BCUT2D eigenvalue weighted by atomic mass is 32.2. The van der Waals surface area contributed by atoms with Gasteiger partial charge in [0.2, 0.25) is 21.8 Å². The zero-order valence-electron chi connectivity index (χ0n) is 15.5. The van der Waals surface area contributed by atoms with Gasteiger partial charge in [0.25, 0.3) is 0 Å². The Morgan fingerprint density at radius 2 is 1.68 bits per heavy atom. The monoisotopic (exact) mass is 399 g/mol. The summed E-state index contributed by atoms with van der Waals surface area (Å²) in [7, 11) is -3.49. The van der Waals surface area contributed by atoms with Crippen molar-refractivity contribution < 1.29 is 18.0 Å². The van der Waals surface area contributed by atoms with Crippen molar-refractivity contribution in [2.45, 2.75) is 19.4 Å². The molecule has 8 heteroatoms. The second kappa shape index (κ2) is 7.85. The molecule has 1 atom stereocenters. The van der Waals surface area contributed by atoms with Gasteiger partial charge in [-0.15, -0.1) is 0 Å². The van der Waals surface area contributed by atoms with Crippen molar-refractivity contribution in [3.05, 3.63) is 65.9 Å². The van der Waals surface area contributed by atoms with Gasteiger partial charge in [-0.3, -0.25) is 14.3 Å². The van der Waals surface area contributed by atoms with Crippen LogP contribution < -0.4 is 10.0 Å². The molecule has 0 radical (unpaired) electrons. The molecule has 0 fully saturated rings. The number of fused-ring (bicyclic) bond motifs is 1. The van der Waals surface area contributed by atoms with Gasteiger partial charge < -0.3 is 10.2 Å². The number of para-hydroxylation sites is 2. The van der Waals surface area contributed by atoms with Gasteiger partial charge in [-0.1, -0.05) is 36.4 Å². The first-order valence-corrected chi connectivity index (χ1v) is 10.6. The average molecular weight is 399 g/mol. The zero-order valence-corrected chi connectivity index (χ0v) is 16.4. The fraction of sp³-hybridized carbons (Fsp3) is 0.200. The minimum absolute atomic E-state index is 0.0359. The summed E-state index contributed by atoms with van der Waals surface area (Å²) in [4.78, 5) is 26.3. The van der Waals surface area contributed by atoms with Crippen LogP contribution >= 0.6 is 0 Å². The maximum Gasteiger partial charge on any atom is 0.229 e. The molecule has 3 rings (SSSR count). The van der Waals surface area contributed by atoms with Crippen LogP contribution in [0.1, 0.15) is 30.5 Å². The van der Waals surface area contributed by atoms with E-state index in [0.29, 0.717) is 5.69 Å². The van der Waals surface area contributed by atoms with Crippen LogP contribution in [0.4, 0.5) is 11.4 Å². The van der Waals surface area contributed by atoms with Gasteiger partial charge in [-0.25, -0.2) is 8.42 Å². The molecular weight excluding hydrogens is 378 g/mol. The third kappa shape index (κ3) is 4.58. The second-order valence-electron chi connectivity index (χ2n) is 6.56. The molecule has 0 bridgehead atoms. The Balaban J connectivity index is 1.83. The van der Waals surface area contributed by atoms with Crippen LogP contribution in [0.5, 0.6) is 0 Å². The predicted octanol–water partition coefficient (Wildman–Crippen LogP) is 2.96. The number of nitrogens with one attached hydrogen (secondary N) is 2. The van der Waals surface area contributed by atoms with Gasteiger partial charge >= 0.3 is 0 Å². The summed E-state index contributed by atoms with van der Waals surface area (Å²) in [6, 6.07) is 13.7. The Labute approximate surface area is 164 Å². The molecule has 28 heavy (non-hydrogen) atoms. The number of hydrogen-bond donors (Lipinski definition) is 2. The highest BCUT2D eigenvalue weighted by molar-refractivity contribution is 7.92. The highest BCUT2D eigenvalue weighted by Gasteiger charge is 2.28. The molecule has 2 N–H and O–H groups in total. The lowest BCUT2D eigenvalue weighted by Gasteiger charge is -2.32. The number of hydrogen-bond acceptors (Lipinski definition) is 4. The number of rotatable bonds is 5. The molecule has 1 aliphatic heterocycles. The van der Waals surface area contributed by atoms with Crippen molar-refractivity contribution in [1.82, 2.24) is 4.90 Å². The van der Waals surface area contributed by atoms with Crippen LogP contribution in [0.25, 0.3) is 6.08 Å². The third-order valence-electron chi connectivity index (χ3n) is 4.34. The molecule has 0 spiro atoms. The quantitative estimate of drug-likeness (QED) is 0.808. The summed E-state index contributed by atoms with van der Waals surface area (Å²) < 4.78 is 25.5. The van der Waals surface area contributed by atoms with Crippen LogP contribution in [0.3, 0.4) is 0 Å². The van der Waals surface area contributed by atoms with E-state index >= 15 is 0 Å². The van der Waals surface area contributed by atoms with Crippen molar-refractivity contribution >= 4 is 39.3 Å². The summed E-state index contributed by atoms with van der Waals surface area (Å²) in [5, 5.41) is 2.74. The molecule has 0 aromatic heterocycles. The number of sulfonamides is 1. The van der Waals surface area contributed by atoms with Gasteiger partial charge in [0.1, 0.15) is 0 Å². The van der Waals surface area contributed by atoms with Crippen molar-refractivity contribution in [1.29, 1.82) is 0 Å². The Morgan fingerprint density at radius 3 is 2.36 bits per heavy atom. The smallest absolute Gasteiger partial charge is 0.229 e. The topological polar surface area (TPSA) is 95.6 Å². The van der Waals surface area contributed by atoms with E-state index in [1.54, 1.807) is 30.5 Å².